The van der Waals surface area contributed by atoms with E-state index in [9.17, 15) is 14.0 Å². The molecule has 1 heterocycles. The Labute approximate surface area is 158 Å². The van der Waals surface area contributed by atoms with E-state index in [0.29, 0.717) is 36.7 Å². The second-order valence-electron chi connectivity index (χ2n) is 6.38. The molecule has 0 aliphatic carbocycles. The number of carbonyl (C=O) groups excluding carboxylic acids is 2. The second-order valence-corrected chi connectivity index (χ2v) is 6.38. The fraction of sp³-hybridized carbons (Fsp3) is 0.400. The maximum Gasteiger partial charge on any atom is 0.341 e. The first-order chi connectivity index (χ1) is 12.8. The molecule has 0 atom stereocenters. The van der Waals surface area contributed by atoms with Crippen LogP contribution in [0.4, 0.5) is 4.39 Å². The van der Waals surface area contributed by atoms with Gasteiger partial charge < -0.3 is 14.1 Å². The number of ether oxygens (including phenoxy) is 1. The Morgan fingerprint density at radius 1 is 1.22 bits per heavy atom. The van der Waals surface area contributed by atoms with Crippen molar-refractivity contribution in [2.75, 3.05) is 27.2 Å². The molecule has 0 aliphatic heterocycles. The third-order valence-corrected chi connectivity index (χ3v) is 4.20. The molecule has 6 nitrogen and oxygen atoms in total. The third-order valence-electron chi connectivity index (χ3n) is 4.20. The van der Waals surface area contributed by atoms with Gasteiger partial charge in [0.25, 0.3) is 0 Å². The van der Waals surface area contributed by atoms with Gasteiger partial charge in [0, 0.05) is 13.1 Å². The van der Waals surface area contributed by atoms with Crippen LogP contribution in [0.15, 0.2) is 34.7 Å². The van der Waals surface area contributed by atoms with E-state index in [1.54, 1.807) is 42.0 Å². The highest BCUT2D eigenvalue weighted by Crippen LogP contribution is 2.17. The molecule has 1 aromatic carbocycles. The van der Waals surface area contributed by atoms with Crippen molar-refractivity contribution in [3.63, 3.8) is 0 Å². The number of nitrogens with zero attached hydrogens (tertiary/aromatic N) is 2. The number of amides is 1. The first-order valence-corrected chi connectivity index (χ1v) is 8.72. The fourth-order valence-corrected chi connectivity index (χ4v) is 2.82. The molecule has 0 radical (unpaired) electrons. The third kappa shape index (κ3) is 5.65. The number of hydrogen-bond donors (Lipinski definition) is 0. The van der Waals surface area contributed by atoms with Crippen LogP contribution in [0.25, 0.3) is 0 Å². The lowest BCUT2D eigenvalue weighted by molar-refractivity contribution is -0.132. The lowest BCUT2D eigenvalue weighted by Gasteiger charge is -2.24. The monoisotopic (exact) mass is 376 g/mol. The van der Waals surface area contributed by atoms with Gasteiger partial charge in [-0.1, -0.05) is 12.1 Å². The van der Waals surface area contributed by atoms with Gasteiger partial charge in [0.15, 0.2) is 0 Å². The zero-order valence-electron chi connectivity index (χ0n) is 16.1. The highest BCUT2D eigenvalue weighted by atomic mass is 19.1. The van der Waals surface area contributed by atoms with Gasteiger partial charge in [0.2, 0.25) is 5.91 Å². The molecule has 0 spiro atoms. The van der Waals surface area contributed by atoms with Gasteiger partial charge >= 0.3 is 5.97 Å². The summed E-state index contributed by atoms with van der Waals surface area (Å²) in [7, 11) is 3.11. The fourth-order valence-electron chi connectivity index (χ4n) is 2.82. The maximum atomic E-state index is 13.3. The molecular formula is C20H25FN2O4. The summed E-state index contributed by atoms with van der Waals surface area (Å²) in [5.41, 5.74) is 1.13. The topological polar surface area (TPSA) is 63.0 Å². The summed E-state index contributed by atoms with van der Waals surface area (Å²) in [5, 5.41) is 0. The molecule has 1 aromatic heterocycles. The number of halogens is 1. The van der Waals surface area contributed by atoms with Crippen LogP contribution in [-0.4, -0.2) is 48.9 Å². The molecule has 0 unspecified atom stereocenters. The van der Waals surface area contributed by atoms with Crippen LogP contribution in [0.3, 0.4) is 0 Å². The molecule has 0 saturated carbocycles. The number of methoxy groups -OCH3 is 1. The quantitative estimate of drug-likeness (QED) is 0.663. The molecule has 0 N–H and O–H groups in total. The average Bonchev–Trinajstić information content (AvgIpc) is 2.98. The molecule has 0 bridgehead atoms. The number of likely N-dealkylation sites (N-methyl/N-ethyl adjacent to an activating group) is 2. The van der Waals surface area contributed by atoms with Crippen molar-refractivity contribution in [3.05, 3.63) is 58.8 Å². The molecular weight excluding hydrogens is 351 g/mol. The van der Waals surface area contributed by atoms with Crippen molar-refractivity contribution >= 4 is 11.9 Å². The van der Waals surface area contributed by atoms with E-state index in [1.165, 1.54) is 19.2 Å². The molecule has 27 heavy (non-hydrogen) atoms. The predicted molar refractivity (Wildman–Crippen MR) is 98.6 cm³/mol. The van der Waals surface area contributed by atoms with Crippen molar-refractivity contribution in [1.29, 1.82) is 0 Å². The summed E-state index contributed by atoms with van der Waals surface area (Å²) in [4.78, 5) is 27.7. The van der Waals surface area contributed by atoms with Gasteiger partial charge in [-0.2, -0.15) is 0 Å². The van der Waals surface area contributed by atoms with Gasteiger partial charge in [0.1, 0.15) is 22.9 Å². The van der Waals surface area contributed by atoms with Crippen LogP contribution in [0.1, 0.15) is 34.4 Å². The Bertz CT molecular complexity index is 803. The smallest absolute Gasteiger partial charge is 0.341 e. The number of benzene rings is 1. The Morgan fingerprint density at radius 3 is 2.59 bits per heavy atom. The Hall–Kier alpha value is -2.67. The number of hydrogen-bond acceptors (Lipinski definition) is 5. The average molecular weight is 376 g/mol. The minimum Gasteiger partial charge on any atom is -0.465 e. The molecule has 0 saturated heterocycles. The van der Waals surface area contributed by atoms with Crippen LogP contribution in [0.2, 0.25) is 0 Å². The van der Waals surface area contributed by atoms with Crippen molar-refractivity contribution in [1.82, 2.24) is 9.80 Å². The van der Waals surface area contributed by atoms with E-state index in [4.69, 9.17) is 9.15 Å². The molecule has 2 aromatic rings. The van der Waals surface area contributed by atoms with Crippen LogP contribution < -0.4 is 0 Å². The molecule has 2 rings (SSSR count). The normalized spacial score (nSPS) is 10.9. The Balaban J connectivity index is 1.96. The Morgan fingerprint density at radius 2 is 1.96 bits per heavy atom. The van der Waals surface area contributed by atoms with E-state index >= 15 is 0 Å². The van der Waals surface area contributed by atoms with Gasteiger partial charge in [0.05, 0.1) is 20.2 Å². The highest BCUT2D eigenvalue weighted by molar-refractivity contribution is 5.90. The summed E-state index contributed by atoms with van der Waals surface area (Å²) in [5.74, 6) is 0.228. The standard InChI is InChI=1S/C20H25FN2O4/c1-5-23(11-15-7-6-8-16(21)9-15)19(24)13-22(3)12-17-10-18(14(2)27-17)20(25)26-4/h6-10H,5,11-13H2,1-4H3. The lowest BCUT2D eigenvalue weighted by Crippen LogP contribution is -2.38. The number of carbonyl (C=O) groups is 2. The zero-order chi connectivity index (χ0) is 20.0. The first-order valence-electron chi connectivity index (χ1n) is 8.72. The highest BCUT2D eigenvalue weighted by Gasteiger charge is 2.19. The van der Waals surface area contributed by atoms with Gasteiger partial charge in [-0.05, 0) is 44.7 Å². The van der Waals surface area contributed by atoms with Crippen LogP contribution in [0, 0.1) is 12.7 Å². The second kappa shape index (κ2) is 9.32. The maximum absolute atomic E-state index is 13.3. The van der Waals surface area contributed by atoms with Crippen molar-refractivity contribution in [2.24, 2.45) is 0 Å². The number of aryl methyl sites for hydroxylation is 1. The largest absolute Gasteiger partial charge is 0.465 e. The summed E-state index contributed by atoms with van der Waals surface area (Å²) in [6.45, 7) is 5.01. The number of esters is 1. The zero-order valence-corrected chi connectivity index (χ0v) is 16.1. The Kier molecular flexibility index (Phi) is 7.12. The first kappa shape index (κ1) is 20.6. The summed E-state index contributed by atoms with van der Waals surface area (Å²) >= 11 is 0. The molecule has 1 amide bonds. The van der Waals surface area contributed by atoms with E-state index < -0.39 is 5.97 Å². The van der Waals surface area contributed by atoms with Gasteiger partial charge in [-0.25, -0.2) is 9.18 Å². The number of furan rings is 1. The van der Waals surface area contributed by atoms with E-state index in [1.807, 2.05) is 6.92 Å². The van der Waals surface area contributed by atoms with Crippen LogP contribution in [-0.2, 0) is 22.6 Å². The summed E-state index contributed by atoms with van der Waals surface area (Å²) in [6.07, 6.45) is 0. The van der Waals surface area contributed by atoms with Crippen molar-refractivity contribution in [2.45, 2.75) is 26.9 Å². The molecule has 0 aliphatic rings. The SMILES string of the molecule is CCN(Cc1cccc(F)c1)C(=O)CN(C)Cc1cc(C(=O)OC)c(C)o1. The van der Waals surface area contributed by atoms with Crippen molar-refractivity contribution < 1.29 is 23.1 Å². The molecule has 146 valence electrons. The minimum absolute atomic E-state index is 0.0688. The van der Waals surface area contributed by atoms with E-state index in [-0.39, 0.29) is 18.3 Å². The number of rotatable bonds is 8. The summed E-state index contributed by atoms with van der Waals surface area (Å²) < 4.78 is 23.6. The predicted octanol–water partition coefficient (Wildman–Crippen LogP) is 2.99. The molecule has 0 fully saturated rings. The van der Waals surface area contributed by atoms with Gasteiger partial charge in [-0.15, -0.1) is 0 Å². The minimum atomic E-state index is -0.450. The molecule has 7 heteroatoms. The van der Waals surface area contributed by atoms with E-state index in [0.717, 1.165) is 5.56 Å². The van der Waals surface area contributed by atoms with Crippen LogP contribution in [0.5, 0.6) is 0 Å². The van der Waals surface area contributed by atoms with E-state index in [2.05, 4.69) is 0 Å². The van der Waals surface area contributed by atoms with Crippen LogP contribution >= 0.6 is 0 Å². The lowest BCUT2D eigenvalue weighted by atomic mass is 10.2. The van der Waals surface area contributed by atoms with Gasteiger partial charge in [-0.3, -0.25) is 9.69 Å². The summed E-state index contributed by atoms with van der Waals surface area (Å²) in [6, 6.07) is 7.87. The van der Waals surface area contributed by atoms with Crippen molar-refractivity contribution in [3.8, 4) is 0 Å².